The molecule has 0 bridgehead atoms. The average Bonchev–Trinajstić information content (AvgIpc) is 1.49. The van der Waals surface area contributed by atoms with Gasteiger partial charge in [0.15, 0.2) is 0 Å². The van der Waals surface area contributed by atoms with Gasteiger partial charge in [0.25, 0.3) is 0 Å². The van der Waals surface area contributed by atoms with Crippen molar-refractivity contribution in [3.8, 4) is 100 Å². The van der Waals surface area contributed by atoms with E-state index in [1.54, 1.807) is 30.3 Å². The van der Waals surface area contributed by atoms with Crippen LogP contribution in [0.3, 0.4) is 0 Å². The van der Waals surface area contributed by atoms with E-state index in [4.69, 9.17) is 60.3 Å². The highest BCUT2D eigenvalue weighted by atomic mass is 15.1. The van der Waals surface area contributed by atoms with Crippen molar-refractivity contribution in [2.24, 2.45) is 0 Å². The van der Waals surface area contributed by atoms with E-state index in [-0.39, 0.29) is 10.5 Å². The van der Waals surface area contributed by atoms with Crippen LogP contribution >= 0.6 is 0 Å². The molecule has 4 heteroatoms. The molecule has 22 rings (SSSR count). The van der Waals surface area contributed by atoms with Crippen LogP contribution in [-0.2, 0) is 10.8 Å². The number of fused-ring (bicyclic) bond motifs is 12. The molecule has 4 nitrogen and oxygen atoms in total. The van der Waals surface area contributed by atoms with Crippen molar-refractivity contribution in [1.29, 1.82) is 0 Å². The van der Waals surface area contributed by atoms with Crippen LogP contribution in [0.15, 0.2) is 435 Å². The van der Waals surface area contributed by atoms with Gasteiger partial charge in [-0.1, -0.05) is 330 Å². The van der Waals surface area contributed by atoms with Crippen LogP contribution in [0.2, 0.25) is 0 Å². The predicted octanol–water partition coefficient (Wildman–Crippen LogP) is 31.1. The number of benzene rings is 18. The van der Waals surface area contributed by atoms with Crippen LogP contribution in [0.1, 0.15) is 148 Å². The second-order valence-electron chi connectivity index (χ2n) is 25.9. The first kappa shape index (κ1) is 28.3. The average molecular weight is 1580 g/mol. The van der Waals surface area contributed by atoms with Crippen molar-refractivity contribution in [2.75, 3.05) is 9.80 Å². The number of rotatable bonds is 14. The molecular formula is C114H84N4. The zero-order valence-corrected chi connectivity index (χ0v) is 59.7. The lowest BCUT2D eigenvalue weighted by Gasteiger charge is -2.28. The number of hydrogen-bond donors (Lipinski definition) is 0. The van der Waals surface area contributed by atoms with Gasteiger partial charge in [-0.2, -0.15) is 0 Å². The Morgan fingerprint density at radius 1 is 0.220 bits per heavy atom. The van der Waals surface area contributed by atoms with E-state index in [0.29, 0.717) is 31.3 Å². The van der Waals surface area contributed by atoms with Gasteiger partial charge in [-0.3, -0.25) is 0 Å². The van der Waals surface area contributed by atoms with Gasteiger partial charge in [0.05, 0.1) is 104 Å². The zero-order valence-electron chi connectivity index (χ0n) is 132. The van der Waals surface area contributed by atoms with Crippen molar-refractivity contribution in [3.63, 3.8) is 0 Å². The number of hydrogen-bond acceptors (Lipinski definition) is 2. The number of anilines is 6. The molecule has 0 atom stereocenters. The van der Waals surface area contributed by atoms with E-state index >= 15 is 0 Å². The molecule has 560 valence electrons. The maximum atomic E-state index is 10.2. The van der Waals surface area contributed by atoms with Gasteiger partial charge in [0, 0.05) is 94.3 Å². The Hall–Kier alpha value is -14.8. The molecule has 2 heterocycles. The fraction of sp³-hybridized carbons (Fsp3) is 0.0526. The van der Waals surface area contributed by atoms with Crippen molar-refractivity contribution in [1.82, 2.24) is 9.13 Å². The Morgan fingerprint density at radius 3 is 1.15 bits per heavy atom. The van der Waals surface area contributed by atoms with Crippen LogP contribution in [0.25, 0.3) is 144 Å². The van der Waals surface area contributed by atoms with E-state index in [9.17, 15) is 38.4 Å². The summed E-state index contributed by atoms with van der Waals surface area (Å²) in [4.78, 5) is 0.378. The molecule has 0 radical (unpaired) electrons. The van der Waals surface area contributed by atoms with Gasteiger partial charge in [-0.15, -0.1) is 0 Å². The molecule has 2 aliphatic rings. The minimum atomic E-state index is -4.16. The first-order valence-corrected chi connectivity index (χ1v) is 35.2. The van der Waals surface area contributed by atoms with Gasteiger partial charge in [-0.25, -0.2) is 0 Å². The van der Waals surface area contributed by atoms with Crippen molar-refractivity contribution in [3.05, 3.63) is 458 Å². The lowest BCUT2D eigenvalue weighted by molar-refractivity contribution is 0.660. The zero-order chi connectivity index (χ0) is 141. The monoisotopic (exact) mass is 1580 g/mol. The van der Waals surface area contributed by atoms with Gasteiger partial charge < -0.3 is 18.9 Å². The third-order valence-electron chi connectivity index (χ3n) is 19.2. The normalized spacial score (nSPS) is 21.8. The summed E-state index contributed by atoms with van der Waals surface area (Å²) in [6, 6.07) is -50.7. The molecule has 0 aliphatic heterocycles. The standard InChI is InChI=1S/2C57H42N2/c2*1-57(2)53-26-13-11-24-49(53)50-34-33-46(38-54(50)57)58(44-31-28-40(29-32-44)48-23-10-9-22-47(48)39-16-5-3-6-17-39)45-21-15-18-41(36-45)42-30-35-56-52(37-42)51-25-12-14-27-55(51)59(56)43-19-7-4-8-20-43/h2*3-38H,1-2H3/i1D3,2D3,3D,4D,5D,6D,7D,8D,9D,10D,11D,12D,13D,14D,15D,16D,17D,18D,19D,20D,21D,22D,23D,24D,25D,26D,27D,28D,29D,30D,31D,32D,33D,34D,35D,36D,37D,38D;1D3,2D3,3D,5D,6D,9D,10D,11D,13D,15D,16D,17D,18D,21D,22D,23D,24D,26D,28D,29D,31D,32D,33D,34D,36D,38D. The number of nitrogens with zero attached hydrogens (tertiary/aromatic N) is 4. The molecule has 0 saturated carbocycles. The topological polar surface area (TPSA) is 16.3 Å². The Morgan fingerprint density at radius 2 is 0.610 bits per heavy atom. The fourth-order valence-electron chi connectivity index (χ4n) is 14.0. The van der Waals surface area contributed by atoms with Crippen LogP contribution in [0, 0.1) is 0 Å². The summed E-state index contributed by atoms with van der Waals surface area (Å²) in [5.41, 5.74) is -36.4. The molecule has 0 unspecified atom stereocenters. The third kappa shape index (κ3) is 12.3. The van der Waals surface area contributed by atoms with Gasteiger partial charge >= 0.3 is 0 Å². The fourth-order valence-corrected chi connectivity index (χ4v) is 14.0. The van der Waals surface area contributed by atoms with E-state index in [0.717, 1.165) is 5.69 Å². The first-order chi connectivity index (χ1) is 88.1. The van der Waals surface area contributed by atoms with Crippen molar-refractivity contribution in [2.45, 2.75) is 38.2 Å². The quantitative estimate of drug-likeness (QED) is 0.108. The molecule has 20 aromatic rings. The summed E-state index contributed by atoms with van der Waals surface area (Å²) >= 11 is 0. The Balaban J connectivity index is 0.000000213. The summed E-state index contributed by atoms with van der Waals surface area (Å²) in [5, 5.41) is -0.427. The highest BCUT2D eigenvalue weighted by molar-refractivity contribution is 6.12. The SMILES string of the molecule is [2H]c1c([2H])c([2H])c(-c2c([2H])c([2H])c([2H])c([2H])c2-c2c([2H])c([2H])c(N(c3c([2H])c([2H])c([2H])c(-c4c([2H])c([2H])c5c(c4[2H])c4c([2H])c([2H])c([2H])c([2H])c4n5-c4c([2H])c([2H])c([2H])c([2H])c4[2H])c3[2H])c3c([2H])c([2H])c4c(c3[2H])C(C([2H])([2H])[2H])(C([2H])([2H])[2H])c3c([2H])c([2H])c([2H])c([2H])c3-4)c([2H])c2[2H])c([2H])c1[2H].[2H]c1c([2H])c([2H])c(-c2c([2H])c([2H])c([2H])c([2H])c2-c2c([2H])c([2H])c(N(c3c([2H])c([2H])c([2H])c(-c4ccc5c(c4)c4ccccc4n5-c4ccccc4)c3[2H])c3c([2H])c([2H])c4c(c3[2H])C(C([2H])([2H])[2H])(C([2H])([2H])[2H])c3c([2H])c([2H])c([2H])c([2H])c3-4)c([2H])c2[2H])c([2H])c1[2H]. The summed E-state index contributed by atoms with van der Waals surface area (Å²) in [6.45, 7) is -16.3. The molecule has 0 saturated heterocycles. The van der Waals surface area contributed by atoms with Gasteiger partial charge in [0.1, 0.15) is 0 Å². The van der Waals surface area contributed by atoms with E-state index in [1.165, 1.54) is 6.07 Å². The Bertz CT molecular complexity index is 11400. The predicted molar refractivity (Wildman–Crippen MR) is 499 cm³/mol. The molecule has 18 aromatic carbocycles. The lowest BCUT2D eigenvalue weighted by atomic mass is 9.82. The first-order valence-electron chi connectivity index (χ1n) is 71.2. The minimum Gasteiger partial charge on any atom is -0.310 e. The molecule has 2 aliphatic carbocycles. The van der Waals surface area contributed by atoms with E-state index < -0.39 is 568 Å². The van der Waals surface area contributed by atoms with Crippen molar-refractivity contribution >= 4 is 77.7 Å². The number of para-hydroxylation sites is 4. The summed E-state index contributed by atoms with van der Waals surface area (Å²) in [7, 11) is 0. The molecule has 0 amide bonds. The molecular weight excluding hydrogens is 1430 g/mol. The van der Waals surface area contributed by atoms with E-state index in [2.05, 4.69) is 0 Å². The second-order valence-corrected chi connectivity index (χ2v) is 25.9. The Kier molecular flexibility index (Phi) is 7.00. The summed E-state index contributed by atoms with van der Waals surface area (Å²) in [6.07, 6.45) is 0. The summed E-state index contributed by atoms with van der Waals surface area (Å²) < 4.78 is 663. The maximum Gasteiger partial charge on any atom is 0.0651 e. The molecule has 0 spiro atoms. The highest BCUT2D eigenvalue weighted by Crippen LogP contribution is 2.54. The third-order valence-corrected chi connectivity index (χ3v) is 19.2. The van der Waals surface area contributed by atoms with Crippen LogP contribution < -0.4 is 9.80 Å². The highest BCUT2D eigenvalue weighted by Gasteiger charge is 2.38. The van der Waals surface area contributed by atoms with Gasteiger partial charge in [0.2, 0.25) is 0 Å². The van der Waals surface area contributed by atoms with Crippen LogP contribution in [0.4, 0.5) is 34.1 Å². The summed E-state index contributed by atoms with van der Waals surface area (Å²) in [5.74, 6) is 0. The lowest BCUT2D eigenvalue weighted by Crippen LogP contribution is -2.16. The smallest absolute Gasteiger partial charge is 0.0651 e. The second kappa shape index (κ2) is 29.2. The molecule has 0 fully saturated rings. The molecule has 118 heavy (non-hydrogen) atoms. The molecule has 0 N–H and O–H groups in total. The largest absolute Gasteiger partial charge is 0.310 e. The van der Waals surface area contributed by atoms with E-state index in [1.807, 2.05) is 41.0 Å². The van der Waals surface area contributed by atoms with Crippen LogP contribution in [0.5, 0.6) is 0 Å². The minimum absolute atomic E-state index is 0.00130. The number of aromatic nitrogens is 2. The molecule has 2 aromatic heterocycles. The Labute approximate surface area is 791 Å². The maximum absolute atomic E-state index is 10.2. The van der Waals surface area contributed by atoms with Crippen LogP contribution in [-0.4, -0.2) is 9.13 Å². The van der Waals surface area contributed by atoms with Gasteiger partial charge in [-0.05, 0) is 244 Å². The van der Waals surface area contributed by atoms with Crippen molar-refractivity contribution < 1.29 is 98.7 Å².